The number of hydrogen-bond donors (Lipinski definition) is 0. The summed E-state index contributed by atoms with van der Waals surface area (Å²) >= 11 is 12.7. The molecule has 0 radical (unpaired) electrons. The first-order chi connectivity index (χ1) is 10.5. The maximum atomic E-state index is 12.5. The van der Waals surface area contributed by atoms with Gasteiger partial charge < -0.3 is 9.15 Å². The van der Waals surface area contributed by atoms with E-state index >= 15 is 0 Å². The lowest BCUT2D eigenvalue weighted by molar-refractivity contribution is 0.101. The van der Waals surface area contributed by atoms with E-state index in [1.165, 1.54) is 0 Å². The Morgan fingerprint density at radius 1 is 1.18 bits per heavy atom. The Balaban J connectivity index is 2.10. The minimum absolute atomic E-state index is 0.199. The molecule has 22 heavy (non-hydrogen) atoms. The summed E-state index contributed by atoms with van der Waals surface area (Å²) in [6.45, 7) is 0. The predicted octanol–water partition coefficient (Wildman–Crippen LogP) is 5.85. The first kappa shape index (κ1) is 15.6. The fraction of sp³-hybridized carbons (Fsp3) is 0.0625. The molecule has 0 saturated heterocycles. The molecule has 0 aliphatic rings. The molecule has 112 valence electrons. The van der Waals surface area contributed by atoms with Gasteiger partial charge in [0.05, 0.1) is 11.6 Å². The number of methoxy groups -OCH3 is 1. The Labute approximate surface area is 148 Å². The van der Waals surface area contributed by atoms with E-state index in [1.807, 2.05) is 6.07 Å². The van der Waals surface area contributed by atoms with E-state index in [0.717, 1.165) is 9.86 Å². The number of rotatable bonds is 3. The number of furan rings is 1. The first-order valence-corrected chi connectivity index (χ1v) is 8.23. The molecule has 0 spiro atoms. The van der Waals surface area contributed by atoms with Crippen molar-refractivity contribution in [3.63, 3.8) is 0 Å². The van der Waals surface area contributed by atoms with E-state index in [9.17, 15) is 4.79 Å². The summed E-state index contributed by atoms with van der Waals surface area (Å²) in [6.07, 6.45) is 0. The third-order valence-electron chi connectivity index (χ3n) is 3.19. The predicted molar refractivity (Wildman–Crippen MR) is 93.1 cm³/mol. The van der Waals surface area contributed by atoms with E-state index in [-0.39, 0.29) is 11.5 Å². The maximum Gasteiger partial charge on any atom is 0.228 e. The van der Waals surface area contributed by atoms with E-state index in [4.69, 9.17) is 20.8 Å². The van der Waals surface area contributed by atoms with Crippen LogP contribution in [0, 0.1) is 0 Å². The molecular formula is C16H9Br2ClO3. The minimum atomic E-state index is -0.199. The molecule has 0 saturated carbocycles. The summed E-state index contributed by atoms with van der Waals surface area (Å²) in [5, 5.41) is 1.38. The van der Waals surface area contributed by atoms with Crippen LogP contribution in [-0.2, 0) is 0 Å². The van der Waals surface area contributed by atoms with Gasteiger partial charge in [-0.1, -0.05) is 11.6 Å². The van der Waals surface area contributed by atoms with Crippen molar-refractivity contribution in [2.75, 3.05) is 7.11 Å². The third-order valence-corrected chi connectivity index (χ3v) is 4.75. The van der Waals surface area contributed by atoms with Crippen molar-refractivity contribution in [3.8, 4) is 5.75 Å². The van der Waals surface area contributed by atoms with Crippen LogP contribution >= 0.6 is 43.5 Å². The number of hydrogen-bond acceptors (Lipinski definition) is 3. The van der Waals surface area contributed by atoms with E-state index in [0.29, 0.717) is 26.4 Å². The Kier molecular flexibility index (Phi) is 4.30. The van der Waals surface area contributed by atoms with E-state index in [1.54, 1.807) is 37.4 Å². The molecule has 3 aromatic rings. The number of carbonyl (C=O) groups excluding carboxylic acids is 1. The quantitative estimate of drug-likeness (QED) is 0.476. The number of carbonyl (C=O) groups is 1. The van der Waals surface area contributed by atoms with Gasteiger partial charge in [-0.3, -0.25) is 4.79 Å². The van der Waals surface area contributed by atoms with E-state index < -0.39 is 0 Å². The van der Waals surface area contributed by atoms with Crippen LogP contribution in [0.2, 0.25) is 5.02 Å². The van der Waals surface area contributed by atoms with Crippen LogP contribution in [-0.4, -0.2) is 12.9 Å². The van der Waals surface area contributed by atoms with Crippen LogP contribution in [0.25, 0.3) is 11.0 Å². The van der Waals surface area contributed by atoms with Gasteiger partial charge in [-0.2, -0.15) is 0 Å². The SMILES string of the molecule is COc1c(Br)cc2cc(C(=O)c3ccc(Cl)cc3)oc2c1Br. The monoisotopic (exact) mass is 442 g/mol. The second kappa shape index (κ2) is 6.07. The summed E-state index contributed by atoms with van der Waals surface area (Å²) in [7, 11) is 1.57. The fourth-order valence-electron chi connectivity index (χ4n) is 2.14. The van der Waals surface area contributed by atoms with Gasteiger partial charge in [-0.15, -0.1) is 0 Å². The van der Waals surface area contributed by atoms with Gasteiger partial charge in [0, 0.05) is 16.0 Å². The van der Waals surface area contributed by atoms with Crippen molar-refractivity contribution in [3.05, 3.63) is 61.7 Å². The lowest BCUT2D eigenvalue weighted by Gasteiger charge is -2.05. The second-order valence-electron chi connectivity index (χ2n) is 4.57. The highest BCUT2D eigenvalue weighted by molar-refractivity contribution is 9.11. The Morgan fingerprint density at radius 3 is 2.50 bits per heavy atom. The molecule has 1 aromatic heterocycles. The van der Waals surface area contributed by atoms with Crippen molar-refractivity contribution < 1.29 is 13.9 Å². The third kappa shape index (κ3) is 2.69. The summed E-state index contributed by atoms with van der Waals surface area (Å²) in [5.41, 5.74) is 1.09. The summed E-state index contributed by atoms with van der Waals surface area (Å²) < 4.78 is 12.5. The molecule has 0 aliphatic heterocycles. The molecule has 0 fully saturated rings. The molecule has 6 heteroatoms. The second-order valence-corrected chi connectivity index (χ2v) is 6.65. The van der Waals surface area contributed by atoms with Gasteiger partial charge in [0.2, 0.25) is 5.78 Å². The summed E-state index contributed by atoms with van der Waals surface area (Å²) in [5.74, 6) is 0.681. The molecule has 0 unspecified atom stereocenters. The molecule has 0 atom stereocenters. The molecule has 0 aliphatic carbocycles. The van der Waals surface area contributed by atoms with E-state index in [2.05, 4.69) is 31.9 Å². The Morgan fingerprint density at radius 2 is 1.86 bits per heavy atom. The van der Waals surface area contributed by atoms with Crippen LogP contribution in [0.4, 0.5) is 0 Å². The average molecular weight is 445 g/mol. The van der Waals surface area contributed by atoms with Gasteiger partial charge in [0.15, 0.2) is 17.1 Å². The largest absolute Gasteiger partial charge is 0.494 e. The zero-order chi connectivity index (χ0) is 15.9. The number of halogens is 3. The van der Waals surface area contributed by atoms with Crippen molar-refractivity contribution >= 4 is 60.2 Å². The molecule has 0 amide bonds. The van der Waals surface area contributed by atoms with Crippen molar-refractivity contribution in [2.24, 2.45) is 0 Å². The number of fused-ring (bicyclic) bond motifs is 1. The number of benzene rings is 2. The van der Waals surface area contributed by atoms with Gasteiger partial charge in [-0.25, -0.2) is 0 Å². The lowest BCUT2D eigenvalue weighted by atomic mass is 10.1. The molecule has 3 rings (SSSR count). The van der Waals surface area contributed by atoms with Crippen LogP contribution in [0.5, 0.6) is 5.75 Å². The standard InChI is InChI=1S/C16H9Br2ClO3/c1-21-16-11(17)6-9-7-12(22-15(9)13(16)18)14(20)8-2-4-10(19)5-3-8/h2-7H,1H3. The van der Waals surface area contributed by atoms with Gasteiger partial charge in [0.1, 0.15) is 4.47 Å². The van der Waals surface area contributed by atoms with Crippen molar-refractivity contribution in [2.45, 2.75) is 0 Å². The van der Waals surface area contributed by atoms with Gasteiger partial charge in [0.25, 0.3) is 0 Å². The van der Waals surface area contributed by atoms with Crippen LogP contribution < -0.4 is 4.74 Å². The molecule has 0 N–H and O–H groups in total. The summed E-state index contributed by atoms with van der Waals surface area (Å²) in [6, 6.07) is 10.2. The smallest absolute Gasteiger partial charge is 0.228 e. The molecule has 0 bridgehead atoms. The highest BCUT2D eigenvalue weighted by Gasteiger charge is 2.19. The van der Waals surface area contributed by atoms with Crippen molar-refractivity contribution in [1.82, 2.24) is 0 Å². The van der Waals surface area contributed by atoms with Gasteiger partial charge >= 0.3 is 0 Å². The van der Waals surface area contributed by atoms with Gasteiger partial charge in [-0.05, 0) is 68.3 Å². The topological polar surface area (TPSA) is 39.4 Å². The van der Waals surface area contributed by atoms with Crippen molar-refractivity contribution in [1.29, 1.82) is 0 Å². The number of ketones is 1. The average Bonchev–Trinajstić information content (AvgIpc) is 2.92. The Hall–Kier alpha value is -1.30. The maximum absolute atomic E-state index is 12.5. The molecule has 2 aromatic carbocycles. The fourth-order valence-corrected chi connectivity index (χ4v) is 3.82. The molecule has 3 nitrogen and oxygen atoms in total. The highest BCUT2D eigenvalue weighted by atomic mass is 79.9. The lowest BCUT2D eigenvalue weighted by Crippen LogP contribution is -1.98. The zero-order valence-corrected chi connectivity index (χ0v) is 15.3. The van der Waals surface area contributed by atoms with Crippen LogP contribution in [0.3, 0.4) is 0 Å². The first-order valence-electron chi connectivity index (χ1n) is 6.27. The highest BCUT2D eigenvalue weighted by Crippen LogP contribution is 2.40. The molecular weight excluding hydrogens is 435 g/mol. The normalized spacial score (nSPS) is 10.9. The van der Waals surface area contributed by atoms with Crippen LogP contribution in [0.15, 0.2) is 49.8 Å². The van der Waals surface area contributed by atoms with Crippen LogP contribution in [0.1, 0.15) is 16.1 Å². The Bertz CT molecular complexity index is 869. The molecule has 1 heterocycles. The minimum Gasteiger partial charge on any atom is -0.494 e. The summed E-state index contributed by atoms with van der Waals surface area (Å²) in [4.78, 5) is 12.5. The number of ether oxygens (including phenoxy) is 1. The zero-order valence-electron chi connectivity index (χ0n) is 11.3.